The monoisotopic (exact) mass is 469 g/mol. The summed E-state index contributed by atoms with van der Waals surface area (Å²) in [4.78, 5) is 19.8. The van der Waals surface area contributed by atoms with Gasteiger partial charge in [0, 0.05) is 43.5 Å². The van der Waals surface area contributed by atoms with E-state index in [1.54, 1.807) is 13.3 Å². The van der Waals surface area contributed by atoms with E-state index in [0.29, 0.717) is 6.54 Å². The van der Waals surface area contributed by atoms with Crippen LogP contribution in [0.25, 0.3) is 16.8 Å². The third-order valence-corrected chi connectivity index (χ3v) is 6.80. The van der Waals surface area contributed by atoms with E-state index >= 15 is 0 Å². The minimum atomic E-state index is 0.00649. The number of piperidine rings is 1. The quantitative estimate of drug-likeness (QED) is 0.448. The first-order valence-corrected chi connectivity index (χ1v) is 12.1. The lowest BCUT2D eigenvalue weighted by atomic mass is 9.95. The maximum Gasteiger partial charge on any atom is 0.223 e. The van der Waals surface area contributed by atoms with Gasteiger partial charge in [-0.05, 0) is 62.1 Å². The smallest absolute Gasteiger partial charge is 0.223 e. The topological polar surface area (TPSA) is 71.8 Å². The molecule has 0 atom stereocenters. The van der Waals surface area contributed by atoms with E-state index in [-0.39, 0.29) is 11.8 Å². The molecular weight excluding hydrogens is 438 g/mol. The Morgan fingerprint density at radius 2 is 1.94 bits per heavy atom. The molecule has 0 aliphatic carbocycles. The molecule has 1 fully saturated rings. The first-order valence-electron chi connectivity index (χ1n) is 12.1. The van der Waals surface area contributed by atoms with E-state index in [0.717, 1.165) is 59.8 Å². The van der Waals surface area contributed by atoms with Gasteiger partial charge in [-0.2, -0.15) is 5.10 Å². The van der Waals surface area contributed by atoms with Crippen LogP contribution < -0.4 is 15.0 Å². The molecule has 7 heteroatoms. The van der Waals surface area contributed by atoms with Gasteiger partial charge in [0.05, 0.1) is 12.8 Å². The van der Waals surface area contributed by atoms with Gasteiger partial charge in [-0.25, -0.2) is 9.50 Å². The Hall–Kier alpha value is -3.87. The van der Waals surface area contributed by atoms with Crippen molar-refractivity contribution in [2.45, 2.75) is 33.2 Å². The van der Waals surface area contributed by atoms with Crippen LogP contribution in [0.3, 0.4) is 0 Å². The lowest BCUT2D eigenvalue weighted by Gasteiger charge is -2.32. The molecule has 0 saturated carbocycles. The average Bonchev–Trinajstić information content (AvgIpc) is 3.33. The number of rotatable bonds is 6. The molecule has 7 nitrogen and oxygen atoms in total. The zero-order valence-corrected chi connectivity index (χ0v) is 20.5. The molecule has 0 radical (unpaired) electrons. The summed E-state index contributed by atoms with van der Waals surface area (Å²) in [5, 5.41) is 7.92. The Morgan fingerprint density at radius 1 is 1.11 bits per heavy atom. The maximum atomic E-state index is 12.8. The van der Waals surface area contributed by atoms with E-state index in [4.69, 9.17) is 14.8 Å². The van der Waals surface area contributed by atoms with Crippen molar-refractivity contribution in [2.24, 2.45) is 5.92 Å². The number of hydrogen-bond donors (Lipinski definition) is 1. The van der Waals surface area contributed by atoms with E-state index < -0.39 is 0 Å². The van der Waals surface area contributed by atoms with Gasteiger partial charge in [0.1, 0.15) is 11.3 Å². The van der Waals surface area contributed by atoms with Crippen LogP contribution in [-0.2, 0) is 11.3 Å². The Balaban J connectivity index is 1.26. The predicted octanol–water partition coefficient (Wildman–Crippen LogP) is 4.55. The van der Waals surface area contributed by atoms with Crippen molar-refractivity contribution in [1.82, 2.24) is 19.9 Å². The number of amides is 1. The van der Waals surface area contributed by atoms with Crippen molar-refractivity contribution in [2.75, 3.05) is 25.1 Å². The standard InChI is InChI=1S/C28H31N5O2/c1-19-7-8-20(2)24(15-19)25-17-26-27(29-11-14-33(26)31-25)32-12-9-22(10-13-32)28(34)30-18-21-5-4-6-23(16-21)35-3/h4-8,11,14-17,22H,9-10,12-13,18H2,1-3H3,(H,30,34). The second kappa shape index (κ2) is 9.78. The molecule has 0 unspecified atom stereocenters. The second-order valence-corrected chi connectivity index (χ2v) is 9.26. The molecule has 35 heavy (non-hydrogen) atoms. The third-order valence-electron chi connectivity index (χ3n) is 6.80. The van der Waals surface area contributed by atoms with E-state index in [1.165, 1.54) is 11.1 Å². The molecule has 1 aliphatic heterocycles. The summed E-state index contributed by atoms with van der Waals surface area (Å²) >= 11 is 0. The molecule has 2 aromatic heterocycles. The number of carbonyl (C=O) groups excluding carboxylic acids is 1. The highest BCUT2D eigenvalue weighted by atomic mass is 16.5. The molecule has 180 valence electrons. The van der Waals surface area contributed by atoms with Crippen LogP contribution in [0.2, 0.25) is 0 Å². The number of aryl methyl sites for hydroxylation is 2. The van der Waals surface area contributed by atoms with Crippen LogP contribution in [0.15, 0.2) is 60.9 Å². The second-order valence-electron chi connectivity index (χ2n) is 9.26. The van der Waals surface area contributed by atoms with Gasteiger partial charge in [0.15, 0.2) is 5.82 Å². The number of nitrogens with zero attached hydrogens (tertiary/aromatic N) is 4. The van der Waals surface area contributed by atoms with Crippen molar-refractivity contribution in [3.05, 3.63) is 77.6 Å². The van der Waals surface area contributed by atoms with Crippen molar-refractivity contribution in [3.8, 4) is 17.0 Å². The van der Waals surface area contributed by atoms with Gasteiger partial charge >= 0.3 is 0 Å². The lowest BCUT2D eigenvalue weighted by Crippen LogP contribution is -2.40. The molecule has 1 N–H and O–H groups in total. The fourth-order valence-corrected chi connectivity index (χ4v) is 4.76. The van der Waals surface area contributed by atoms with Gasteiger partial charge in [-0.3, -0.25) is 4.79 Å². The molecule has 4 aromatic rings. The molecule has 1 saturated heterocycles. The minimum absolute atomic E-state index is 0.00649. The number of anilines is 1. The highest BCUT2D eigenvalue weighted by Gasteiger charge is 2.27. The first-order chi connectivity index (χ1) is 17.0. The van der Waals surface area contributed by atoms with Crippen molar-refractivity contribution in [3.63, 3.8) is 0 Å². The number of aromatic nitrogens is 3. The molecule has 3 heterocycles. The molecule has 1 amide bonds. The fraction of sp³-hybridized carbons (Fsp3) is 0.321. The molecule has 1 aliphatic rings. The SMILES string of the molecule is COc1cccc(CNC(=O)C2CCN(c3nccn4nc(-c5cc(C)ccc5C)cc34)CC2)c1. The number of carbonyl (C=O) groups is 1. The van der Waals surface area contributed by atoms with Gasteiger partial charge in [0.25, 0.3) is 0 Å². The average molecular weight is 470 g/mol. The van der Waals surface area contributed by atoms with Crippen LogP contribution in [0.1, 0.15) is 29.5 Å². The number of fused-ring (bicyclic) bond motifs is 1. The van der Waals surface area contributed by atoms with Crippen molar-refractivity contribution >= 4 is 17.2 Å². The number of methoxy groups -OCH3 is 1. The lowest BCUT2D eigenvalue weighted by molar-refractivity contribution is -0.125. The Labute approximate surface area is 205 Å². The van der Waals surface area contributed by atoms with E-state index in [2.05, 4.69) is 48.3 Å². The molecule has 0 spiro atoms. The third kappa shape index (κ3) is 4.85. The molecule has 2 aromatic carbocycles. The molecular formula is C28H31N5O2. The van der Waals surface area contributed by atoms with E-state index in [1.807, 2.05) is 35.0 Å². The Bertz CT molecular complexity index is 1350. The molecule has 0 bridgehead atoms. The van der Waals surface area contributed by atoms with Crippen LogP contribution in [0.5, 0.6) is 5.75 Å². The Morgan fingerprint density at radius 3 is 2.74 bits per heavy atom. The predicted molar refractivity (Wildman–Crippen MR) is 138 cm³/mol. The van der Waals surface area contributed by atoms with Crippen LogP contribution in [0.4, 0.5) is 5.82 Å². The Kier molecular flexibility index (Phi) is 6.40. The maximum absolute atomic E-state index is 12.8. The normalized spacial score (nSPS) is 14.3. The van der Waals surface area contributed by atoms with Crippen molar-refractivity contribution in [1.29, 1.82) is 0 Å². The van der Waals surface area contributed by atoms with Crippen LogP contribution >= 0.6 is 0 Å². The molecule has 5 rings (SSSR count). The van der Waals surface area contributed by atoms with Gasteiger partial charge in [0.2, 0.25) is 5.91 Å². The fourth-order valence-electron chi connectivity index (χ4n) is 4.76. The summed E-state index contributed by atoms with van der Waals surface area (Å²) in [6.45, 7) is 6.29. The zero-order valence-electron chi connectivity index (χ0n) is 20.5. The van der Waals surface area contributed by atoms with Crippen LogP contribution in [0, 0.1) is 19.8 Å². The highest BCUT2D eigenvalue weighted by molar-refractivity contribution is 5.80. The van der Waals surface area contributed by atoms with Gasteiger partial charge in [-0.15, -0.1) is 0 Å². The number of hydrogen-bond acceptors (Lipinski definition) is 5. The summed E-state index contributed by atoms with van der Waals surface area (Å²) in [5.74, 6) is 1.84. The number of benzene rings is 2. The summed E-state index contributed by atoms with van der Waals surface area (Å²) in [5.41, 5.74) is 6.54. The summed E-state index contributed by atoms with van der Waals surface area (Å²) in [6, 6.07) is 16.4. The summed E-state index contributed by atoms with van der Waals surface area (Å²) in [6.07, 6.45) is 5.29. The van der Waals surface area contributed by atoms with Crippen molar-refractivity contribution < 1.29 is 9.53 Å². The number of ether oxygens (including phenoxy) is 1. The first kappa shape index (κ1) is 22.9. The largest absolute Gasteiger partial charge is 0.497 e. The van der Waals surface area contributed by atoms with Gasteiger partial charge in [-0.1, -0.05) is 29.8 Å². The van der Waals surface area contributed by atoms with E-state index in [9.17, 15) is 4.79 Å². The highest BCUT2D eigenvalue weighted by Crippen LogP contribution is 2.30. The zero-order chi connectivity index (χ0) is 24.4. The summed E-state index contributed by atoms with van der Waals surface area (Å²) in [7, 11) is 1.65. The van der Waals surface area contributed by atoms with Crippen LogP contribution in [-0.4, -0.2) is 40.7 Å². The minimum Gasteiger partial charge on any atom is -0.497 e. The summed E-state index contributed by atoms with van der Waals surface area (Å²) < 4.78 is 7.18. The number of nitrogens with one attached hydrogen (secondary N) is 1. The van der Waals surface area contributed by atoms with Gasteiger partial charge < -0.3 is 15.0 Å².